The molecule has 7 rings (SSSR count). The number of piperidine rings is 2. The summed E-state index contributed by atoms with van der Waals surface area (Å²) in [4.78, 5) is 42.1. The van der Waals surface area contributed by atoms with Gasteiger partial charge in [0.1, 0.15) is 24.3 Å². The number of likely N-dealkylation sites (tertiary alicyclic amines) is 1. The van der Waals surface area contributed by atoms with Gasteiger partial charge in [-0.3, -0.25) is 4.79 Å². The molecular formula is C33H36ClN7O3. The lowest BCUT2D eigenvalue weighted by atomic mass is 10.0. The van der Waals surface area contributed by atoms with E-state index in [1.165, 1.54) is 0 Å². The van der Waals surface area contributed by atoms with Crippen LogP contribution in [-0.2, 0) is 17.8 Å². The van der Waals surface area contributed by atoms with Gasteiger partial charge in [0.2, 0.25) is 5.91 Å². The molecule has 0 aliphatic carbocycles. The third-order valence-electron chi connectivity index (χ3n) is 9.27. The topological polar surface area (TPSA) is 107 Å². The first-order chi connectivity index (χ1) is 21.5. The number of aliphatic hydroxyl groups is 1. The lowest BCUT2D eigenvalue weighted by Gasteiger charge is -2.38. The number of carbonyl (C=O) groups is 2. The fourth-order valence-corrected chi connectivity index (χ4v) is 7.08. The highest BCUT2D eigenvalue weighted by molar-refractivity contribution is 6.33. The van der Waals surface area contributed by atoms with Crippen LogP contribution >= 0.6 is 11.6 Å². The van der Waals surface area contributed by atoms with Crippen LogP contribution in [0, 0.1) is 0 Å². The predicted molar refractivity (Wildman–Crippen MR) is 171 cm³/mol. The minimum atomic E-state index is -0.303. The molecule has 10 nitrogen and oxygen atoms in total. The molecule has 5 heterocycles. The summed E-state index contributed by atoms with van der Waals surface area (Å²) in [6.45, 7) is 3.37. The Hall–Kier alpha value is -4.15. The van der Waals surface area contributed by atoms with Crippen molar-refractivity contribution in [1.29, 1.82) is 0 Å². The second-order valence-electron chi connectivity index (χ2n) is 11.9. The number of nitrogens with zero attached hydrogens (tertiary/aromatic N) is 6. The minimum Gasteiger partial charge on any atom is -0.393 e. The zero-order chi connectivity index (χ0) is 30.2. The molecular weight excluding hydrogens is 578 g/mol. The van der Waals surface area contributed by atoms with Gasteiger partial charge in [0.25, 0.3) is 0 Å². The molecule has 2 aromatic heterocycles. The van der Waals surface area contributed by atoms with E-state index in [2.05, 4.69) is 26.3 Å². The molecule has 2 N–H and O–H groups in total. The third kappa shape index (κ3) is 5.48. The molecule has 11 heteroatoms. The number of anilines is 2. The first-order valence-electron chi connectivity index (χ1n) is 15.4. The Morgan fingerprint density at radius 3 is 2.48 bits per heavy atom. The number of hydrogen-bond donors (Lipinski definition) is 2. The van der Waals surface area contributed by atoms with Crippen molar-refractivity contribution >= 4 is 46.1 Å². The molecule has 0 radical (unpaired) electrons. The van der Waals surface area contributed by atoms with Gasteiger partial charge in [-0.05, 0) is 49.8 Å². The Kier molecular flexibility index (Phi) is 7.86. The van der Waals surface area contributed by atoms with E-state index in [1.807, 2.05) is 63.0 Å². The number of nitrogens with one attached hydrogen (secondary N) is 1. The quantitative estimate of drug-likeness (QED) is 0.335. The summed E-state index contributed by atoms with van der Waals surface area (Å²) in [7, 11) is 0. The predicted octanol–water partition coefficient (Wildman–Crippen LogP) is 4.79. The van der Waals surface area contributed by atoms with E-state index in [-0.39, 0.29) is 30.6 Å². The molecule has 0 unspecified atom stereocenters. The first-order valence-corrected chi connectivity index (χ1v) is 15.8. The van der Waals surface area contributed by atoms with Crippen LogP contribution in [0.5, 0.6) is 0 Å². The summed E-state index contributed by atoms with van der Waals surface area (Å²) in [5.74, 6) is 0.807. The van der Waals surface area contributed by atoms with Gasteiger partial charge in [-0.1, -0.05) is 48.0 Å². The Labute approximate surface area is 261 Å². The molecule has 0 saturated carbocycles. The lowest BCUT2D eigenvalue weighted by molar-refractivity contribution is -0.133. The Bertz CT molecular complexity index is 1690. The van der Waals surface area contributed by atoms with Gasteiger partial charge >= 0.3 is 6.03 Å². The fraction of sp³-hybridized carbons (Fsp3) is 0.394. The van der Waals surface area contributed by atoms with Crippen molar-refractivity contribution in [2.45, 2.75) is 50.8 Å². The van der Waals surface area contributed by atoms with Crippen LogP contribution in [-0.4, -0.2) is 86.2 Å². The van der Waals surface area contributed by atoms with Gasteiger partial charge < -0.3 is 29.7 Å². The van der Waals surface area contributed by atoms with Crippen molar-refractivity contribution < 1.29 is 14.7 Å². The summed E-state index contributed by atoms with van der Waals surface area (Å²) in [5, 5.41) is 14.6. The van der Waals surface area contributed by atoms with Crippen molar-refractivity contribution in [1.82, 2.24) is 24.3 Å². The van der Waals surface area contributed by atoms with Crippen molar-refractivity contribution in [2.24, 2.45) is 0 Å². The monoisotopic (exact) mass is 613 g/mol. The number of halogens is 1. The van der Waals surface area contributed by atoms with Crippen LogP contribution in [0.4, 0.5) is 16.3 Å². The highest BCUT2D eigenvalue weighted by Crippen LogP contribution is 2.39. The summed E-state index contributed by atoms with van der Waals surface area (Å²) in [5.41, 5.74) is 4.45. The number of fused-ring (bicyclic) bond motifs is 2. The summed E-state index contributed by atoms with van der Waals surface area (Å²) in [6, 6.07) is 15.7. The number of urea groups is 1. The van der Waals surface area contributed by atoms with Crippen molar-refractivity contribution in [3.8, 4) is 11.1 Å². The lowest BCUT2D eigenvalue weighted by Crippen LogP contribution is -2.50. The van der Waals surface area contributed by atoms with E-state index in [4.69, 9.17) is 11.6 Å². The average Bonchev–Trinajstić information content (AvgIpc) is 3.31. The zero-order valence-corrected chi connectivity index (χ0v) is 25.3. The van der Waals surface area contributed by atoms with Gasteiger partial charge in [-0.15, -0.1) is 0 Å². The molecule has 0 atom stereocenters. The van der Waals surface area contributed by atoms with E-state index in [0.717, 1.165) is 52.8 Å². The number of para-hydroxylation sites is 1. The Morgan fingerprint density at radius 1 is 0.932 bits per heavy atom. The largest absolute Gasteiger partial charge is 0.393 e. The molecule has 0 spiro atoms. The molecule has 4 aromatic rings. The maximum atomic E-state index is 13.7. The maximum absolute atomic E-state index is 13.7. The van der Waals surface area contributed by atoms with Crippen LogP contribution in [0.1, 0.15) is 31.2 Å². The van der Waals surface area contributed by atoms with Crippen LogP contribution in [0.3, 0.4) is 0 Å². The molecule has 2 fully saturated rings. The van der Waals surface area contributed by atoms with Crippen LogP contribution in [0.25, 0.3) is 22.2 Å². The number of hydrogen-bond acceptors (Lipinski definition) is 6. The first kappa shape index (κ1) is 28.6. The minimum absolute atomic E-state index is 0.0139. The zero-order valence-electron chi connectivity index (χ0n) is 24.5. The second kappa shape index (κ2) is 12.1. The summed E-state index contributed by atoms with van der Waals surface area (Å²) in [6.07, 6.45) is 6.85. The number of carbonyl (C=O) groups excluding carboxylic acids is 2. The second-order valence-corrected chi connectivity index (χ2v) is 12.3. The van der Waals surface area contributed by atoms with Gasteiger partial charge in [-0.25, -0.2) is 14.8 Å². The third-order valence-corrected chi connectivity index (χ3v) is 9.60. The molecule has 3 amide bonds. The van der Waals surface area contributed by atoms with E-state index in [0.29, 0.717) is 56.2 Å². The van der Waals surface area contributed by atoms with Gasteiger partial charge in [-0.2, -0.15) is 0 Å². The highest BCUT2D eigenvalue weighted by atomic mass is 35.5. The van der Waals surface area contributed by atoms with Crippen molar-refractivity contribution in [3.05, 3.63) is 71.6 Å². The molecule has 3 aliphatic heterocycles. The SMILES string of the molecule is O=C(Cn1cc(-c2ccccc2Cl)c2c(N3CCC(O)CC3)ncnc21)N1CCC(N2CCc3ccccc3NC2=O)CC1. The highest BCUT2D eigenvalue weighted by Gasteiger charge is 2.32. The van der Waals surface area contributed by atoms with Crippen LogP contribution in [0.15, 0.2) is 61.1 Å². The molecule has 2 saturated heterocycles. The normalized spacial score (nSPS) is 18.3. The number of amides is 3. The van der Waals surface area contributed by atoms with E-state index in [9.17, 15) is 14.7 Å². The van der Waals surface area contributed by atoms with E-state index in [1.54, 1.807) is 6.33 Å². The average molecular weight is 614 g/mol. The maximum Gasteiger partial charge on any atom is 0.322 e. The molecule has 0 bridgehead atoms. The standard InChI is InChI=1S/C33H36ClN7O3/c34-27-7-3-2-6-25(27)26-19-40(32-30(26)31(35-21-36-32)39-16-12-24(42)13-17-39)20-29(43)38-14-10-23(11-15-38)41-18-9-22-5-1-4-8-28(22)37-33(41)44/h1-8,19,21,23-24,42H,9-18,20H2,(H,37,44). The molecule has 2 aromatic carbocycles. The van der Waals surface area contributed by atoms with Crippen LogP contribution in [0.2, 0.25) is 5.02 Å². The number of benzene rings is 2. The molecule has 3 aliphatic rings. The van der Waals surface area contributed by atoms with E-state index >= 15 is 0 Å². The molecule has 228 valence electrons. The number of aromatic nitrogens is 3. The Morgan fingerprint density at radius 2 is 1.68 bits per heavy atom. The van der Waals surface area contributed by atoms with Crippen molar-refractivity contribution in [2.75, 3.05) is 42.9 Å². The van der Waals surface area contributed by atoms with Crippen LogP contribution < -0.4 is 10.2 Å². The fourth-order valence-electron chi connectivity index (χ4n) is 6.84. The van der Waals surface area contributed by atoms with Gasteiger partial charge in [0.05, 0.1) is 11.5 Å². The van der Waals surface area contributed by atoms with Gasteiger partial charge in [0, 0.05) is 66.8 Å². The van der Waals surface area contributed by atoms with Crippen molar-refractivity contribution in [3.63, 3.8) is 0 Å². The summed E-state index contributed by atoms with van der Waals surface area (Å²) < 4.78 is 1.91. The number of aliphatic hydroxyl groups excluding tert-OH is 1. The number of rotatable bonds is 5. The van der Waals surface area contributed by atoms with Gasteiger partial charge in [0.15, 0.2) is 0 Å². The smallest absolute Gasteiger partial charge is 0.322 e. The Balaban J connectivity index is 1.10. The summed E-state index contributed by atoms with van der Waals surface area (Å²) >= 11 is 6.67. The molecule has 44 heavy (non-hydrogen) atoms. The van der Waals surface area contributed by atoms with E-state index < -0.39 is 0 Å².